The Morgan fingerprint density at radius 1 is 1.14 bits per heavy atom. The lowest BCUT2D eigenvalue weighted by Crippen LogP contribution is -2.09. The van der Waals surface area contributed by atoms with Gasteiger partial charge in [0.25, 0.3) is 0 Å². The molecule has 21 heavy (non-hydrogen) atoms. The van der Waals surface area contributed by atoms with Gasteiger partial charge < -0.3 is 16.4 Å². The van der Waals surface area contributed by atoms with E-state index in [4.69, 9.17) is 28.9 Å². The predicted molar refractivity (Wildman–Crippen MR) is 89.6 cm³/mol. The van der Waals surface area contributed by atoms with Gasteiger partial charge in [-0.2, -0.15) is 0 Å². The highest BCUT2D eigenvalue weighted by Gasteiger charge is 2.08. The third kappa shape index (κ3) is 4.12. The van der Waals surface area contributed by atoms with Crippen LogP contribution in [-0.2, 0) is 0 Å². The summed E-state index contributed by atoms with van der Waals surface area (Å²) < 4.78 is 0. The molecule has 0 saturated carbocycles. The maximum atomic E-state index is 6.07. The molecule has 0 amide bonds. The van der Waals surface area contributed by atoms with E-state index in [1.807, 2.05) is 0 Å². The first-order valence-corrected chi connectivity index (χ1v) is 7.43. The molecule has 0 atom stereocenters. The van der Waals surface area contributed by atoms with Gasteiger partial charge in [0.1, 0.15) is 12.0 Å². The van der Waals surface area contributed by atoms with E-state index in [0.717, 1.165) is 25.1 Å². The van der Waals surface area contributed by atoms with Crippen molar-refractivity contribution in [1.29, 1.82) is 0 Å². The Morgan fingerprint density at radius 2 is 1.90 bits per heavy atom. The van der Waals surface area contributed by atoms with Crippen LogP contribution in [0, 0.1) is 0 Å². The fraction of sp³-hybridized carbons (Fsp3) is 0.286. The molecular weight excluding hydrogens is 309 g/mol. The van der Waals surface area contributed by atoms with Crippen molar-refractivity contribution in [3.63, 3.8) is 0 Å². The number of nitrogens with zero attached hydrogens (tertiary/aromatic N) is 2. The van der Waals surface area contributed by atoms with Gasteiger partial charge in [0.05, 0.1) is 10.0 Å². The zero-order valence-electron chi connectivity index (χ0n) is 11.7. The Bertz CT molecular complexity index is 618. The van der Waals surface area contributed by atoms with Gasteiger partial charge in [-0.05, 0) is 24.6 Å². The first kappa shape index (κ1) is 15.7. The lowest BCUT2D eigenvalue weighted by atomic mass is 10.3. The highest BCUT2D eigenvalue weighted by molar-refractivity contribution is 6.42. The number of rotatable bonds is 6. The van der Waals surface area contributed by atoms with Gasteiger partial charge in [-0.15, -0.1) is 0 Å². The summed E-state index contributed by atoms with van der Waals surface area (Å²) in [5, 5.41) is 7.28. The molecule has 1 aromatic heterocycles. The molecule has 2 rings (SSSR count). The number of halogens is 2. The maximum absolute atomic E-state index is 6.07. The van der Waals surface area contributed by atoms with Crippen LogP contribution in [0.25, 0.3) is 0 Å². The number of anilines is 4. The summed E-state index contributed by atoms with van der Waals surface area (Å²) in [6.45, 7) is 2.95. The maximum Gasteiger partial charge on any atom is 0.159 e. The van der Waals surface area contributed by atoms with Crippen molar-refractivity contribution in [3.8, 4) is 0 Å². The summed E-state index contributed by atoms with van der Waals surface area (Å²) in [6.07, 6.45) is 3.62. The molecule has 7 heteroatoms. The number of hydrogen-bond donors (Lipinski definition) is 3. The van der Waals surface area contributed by atoms with Crippen molar-refractivity contribution >= 4 is 46.2 Å². The molecule has 0 unspecified atom stereocenters. The molecule has 1 heterocycles. The molecule has 2 aromatic rings. The summed E-state index contributed by atoms with van der Waals surface area (Å²) in [5.41, 5.74) is 7.30. The lowest BCUT2D eigenvalue weighted by molar-refractivity contribution is 0.831. The molecule has 1 aromatic carbocycles. The number of unbranched alkanes of at least 4 members (excludes halogenated alkanes) is 1. The topological polar surface area (TPSA) is 75.9 Å². The normalized spacial score (nSPS) is 10.4. The third-order valence-corrected chi connectivity index (χ3v) is 3.63. The molecule has 0 radical (unpaired) electrons. The largest absolute Gasteiger partial charge is 0.393 e. The van der Waals surface area contributed by atoms with Gasteiger partial charge in [-0.1, -0.05) is 36.5 Å². The summed E-state index contributed by atoms with van der Waals surface area (Å²) in [7, 11) is 0. The highest BCUT2D eigenvalue weighted by Crippen LogP contribution is 2.29. The Balaban J connectivity index is 2.16. The monoisotopic (exact) mass is 325 g/mol. The molecule has 0 fully saturated rings. The zero-order chi connectivity index (χ0) is 15.2. The van der Waals surface area contributed by atoms with E-state index in [0.29, 0.717) is 27.4 Å². The smallest absolute Gasteiger partial charge is 0.159 e. The van der Waals surface area contributed by atoms with Gasteiger partial charge in [-0.25, -0.2) is 9.97 Å². The van der Waals surface area contributed by atoms with E-state index in [1.165, 1.54) is 6.33 Å². The quantitative estimate of drug-likeness (QED) is 0.689. The van der Waals surface area contributed by atoms with Crippen molar-refractivity contribution < 1.29 is 0 Å². The van der Waals surface area contributed by atoms with Crippen molar-refractivity contribution in [2.75, 3.05) is 22.9 Å². The molecule has 0 spiro atoms. The van der Waals surface area contributed by atoms with Gasteiger partial charge in [0.2, 0.25) is 0 Å². The minimum absolute atomic E-state index is 0.468. The van der Waals surface area contributed by atoms with E-state index in [2.05, 4.69) is 27.5 Å². The van der Waals surface area contributed by atoms with Crippen LogP contribution in [0.1, 0.15) is 19.8 Å². The standard InChI is InChI=1S/C14H17Cl2N5/c1-2-3-6-18-13-12(17)14(20-8-19-13)21-9-4-5-10(15)11(16)7-9/h4-5,7-8H,2-3,6,17H2,1H3,(H2,18,19,20,21). The molecule has 4 N–H and O–H groups in total. The van der Waals surface area contributed by atoms with Crippen molar-refractivity contribution in [2.45, 2.75) is 19.8 Å². The van der Waals surface area contributed by atoms with E-state index < -0.39 is 0 Å². The number of benzene rings is 1. The van der Waals surface area contributed by atoms with Crippen molar-refractivity contribution in [3.05, 3.63) is 34.6 Å². The van der Waals surface area contributed by atoms with Crippen LogP contribution in [0.5, 0.6) is 0 Å². The van der Waals surface area contributed by atoms with Crippen LogP contribution in [0.2, 0.25) is 10.0 Å². The van der Waals surface area contributed by atoms with Crippen LogP contribution >= 0.6 is 23.2 Å². The second-order valence-electron chi connectivity index (χ2n) is 4.52. The fourth-order valence-electron chi connectivity index (χ4n) is 1.73. The molecule has 5 nitrogen and oxygen atoms in total. The number of nitrogen functional groups attached to an aromatic ring is 1. The summed E-state index contributed by atoms with van der Waals surface area (Å²) >= 11 is 11.9. The van der Waals surface area contributed by atoms with Gasteiger partial charge >= 0.3 is 0 Å². The first-order valence-electron chi connectivity index (χ1n) is 6.68. The van der Waals surface area contributed by atoms with Crippen LogP contribution in [0.15, 0.2) is 24.5 Å². The number of aromatic nitrogens is 2. The predicted octanol–water partition coefficient (Wildman–Crippen LogP) is 4.32. The van der Waals surface area contributed by atoms with E-state index in [9.17, 15) is 0 Å². The Kier molecular flexibility index (Phi) is 5.47. The second kappa shape index (κ2) is 7.33. The first-order chi connectivity index (χ1) is 10.1. The second-order valence-corrected chi connectivity index (χ2v) is 5.33. The number of nitrogens with one attached hydrogen (secondary N) is 2. The molecule has 0 saturated heterocycles. The average molecular weight is 326 g/mol. The molecule has 0 aliphatic heterocycles. The zero-order valence-corrected chi connectivity index (χ0v) is 13.2. The number of hydrogen-bond acceptors (Lipinski definition) is 5. The minimum Gasteiger partial charge on any atom is -0.393 e. The van der Waals surface area contributed by atoms with Gasteiger partial charge in [0.15, 0.2) is 11.6 Å². The minimum atomic E-state index is 0.468. The molecule has 0 aliphatic rings. The Morgan fingerprint density at radius 3 is 2.62 bits per heavy atom. The van der Waals surface area contributed by atoms with Gasteiger partial charge in [-0.3, -0.25) is 0 Å². The summed E-state index contributed by atoms with van der Waals surface area (Å²) in [6, 6.07) is 5.24. The molecule has 112 valence electrons. The summed E-state index contributed by atoms with van der Waals surface area (Å²) in [4.78, 5) is 8.30. The molecular formula is C14H17Cl2N5. The van der Waals surface area contributed by atoms with E-state index in [-0.39, 0.29) is 0 Å². The van der Waals surface area contributed by atoms with Crippen LogP contribution in [-0.4, -0.2) is 16.5 Å². The lowest BCUT2D eigenvalue weighted by Gasteiger charge is -2.12. The average Bonchev–Trinajstić information content (AvgIpc) is 2.47. The van der Waals surface area contributed by atoms with E-state index in [1.54, 1.807) is 18.2 Å². The van der Waals surface area contributed by atoms with Gasteiger partial charge in [0, 0.05) is 12.2 Å². The summed E-state index contributed by atoms with van der Waals surface area (Å²) in [5.74, 6) is 1.16. The van der Waals surface area contributed by atoms with Crippen molar-refractivity contribution in [1.82, 2.24) is 9.97 Å². The SMILES string of the molecule is CCCCNc1ncnc(Nc2ccc(Cl)c(Cl)c2)c1N. The van der Waals surface area contributed by atoms with E-state index >= 15 is 0 Å². The fourth-order valence-corrected chi connectivity index (χ4v) is 2.03. The molecule has 0 bridgehead atoms. The molecule has 0 aliphatic carbocycles. The van der Waals surface area contributed by atoms with Crippen LogP contribution in [0.3, 0.4) is 0 Å². The van der Waals surface area contributed by atoms with Crippen molar-refractivity contribution in [2.24, 2.45) is 0 Å². The number of nitrogens with two attached hydrogens (primary N) is 1. The Hall–Kier alpha value is -1.72. The van der Waals surface area contributed by atoms with Crippen LogP contribution in [0.4, 0.5) is 23.0 Å². The van der Waals surface area contributed by atoms with Crippen LogP contribution < -0.4 is 16.4 Å². The third-order valence-electron chi connectivity index (χ3n) is 2.89. The Labute approximate surface area is 133 Å². The highest BCUT2D eigenvalue weighted by atomic mass is 35.5.